The van der Waals surface area contributed by atoms with E-state index in [2.05, 4.69) is 57.0 Å². The highest BCUT2D eigenvalue weighted by molar-refractivity contribution is 5.94. The minimum absolute atomic E-state index is 0.0235. The summed E-state index contributed by atoms with van der Waals surface area (Å²) in [5.41, 5.74) is 0.0814. The van der Waals surface area contributed by atoms with Gasteiger partial charge >= 0.3 is 11.9 Å². The second-order valence-corrected chi connectivity index (χ2v) is 17.9. The topological polar surface area (TPSA) is 128 Å². The number of hydrogen-bond acceptors (Lipinski definition) is 10. The number of methoxy groups -OCH3 is 3. The summed E-state index contributed by atoms with van der Waals surface area (Å²) >= 11 is 0. The largest absolute Gasteiger partial charge is 0.496 e. The van der Waals surface area contributed by atoms with Crippen molar-refractivity contribution in [2.24, 2.45) is 17.3 Å². The number of anilines is 1. The lowest BCUT2D eigenvalue weighted by Gasteiger charge is -2.64. The zero-order valence-corrected chi connectivity index (χ0v) is 34.0. The molecule has 11 nitrogen and oxygen atoms in total. The molecule has 0 radical (unpaired) electrons. The summed E-state index contributed by atoms with van der Waals surface area (Å²) < 4.78 is 17.9. The number of nitrogens with one attached hydrogen (secondary N) is 1. The third-order valence-corrected chi connectivity index (χ3v) is 15.9. The molecule has 0 amide bonds. The number of carbonyl (C=O) groups excluding carboxylic acids is 2. The summed E-state index contributed by atoms with van der Waals surface area (Å²) in [6, 6.07) is 11.8. The predicted molar refractivity (Wildman–Crippen MR) is 214 cm³/mol. The molecule has 300 valence electrons. The van der Waals surface area contributed by atoms with Crippen LogP contribution in [0.5, 0.6) is 5.75 Å². The third-order valence-electron chi connectivity index (χ3n) is 15.9. The Balaban J connectivity index is 1.36. The first-order valence-electron chi connectivity index (χ1n) is 20.6. The van der Waals surface area contributed by atoms with E-state index < -0.39 is 45.4 Å². The molecular formula is C45H58N4O7. The van der Waals surface area contributed by atoms with Gasteiger partial charge in [-0.2, -0.15) is 0 Å². The van der Waals surface area contributed by atoms with Crippen LogP contribution in [-0.4, -0.2) is 121 Å². The van der Waals surface area contributed by atoms with Crippen molar-refractivity contribution in [1.29, 1.82) is 0 Å². The molecule has 1 spiro atoms. The van der Waals surface area contributed by atoms with Crippen LogP contribution in [0.25, 0.3) is 10.9 Å². The molecule has 9 unspecified atom stereocenters. The van der Waals surface area contributed by atoms with Gasteiger partial charge in [0.25, 0.3) is 0 Å². The highest BCUT2D eigenvalue weighted by Gasteiger charge is 2.78. The standard InChI is InChI=1S/C45H58N4O7/c1-8-41(52)23-28-24-44(39(50)55-6,36-30(15-19-48(25-28)26-41)29-13-10-11-14-33(29)46-36)32-21-31-34(22-35(32)54-5)47(4)38-43(31)17-20-49-18-12-16-42(9-2,37(43)49)27(3)45(38,53)40(51)56-7/h10-14,16,21-22,27-28,37-38,46,52-53H,8-9,15,17-20,23-26H2,1-7H3/t27-,28?,37?,38?,41?,42?,43?,44?,45?/m1/s1. The van der Waals surface area contributed by atoms with Crippen molar-refractivity contribution in [3.63, 3.8) is 0 Å². The van der Waals surface area contributed by atoms with Gasteiger partial charge in [-0.1, -0.05) is 51.1 Å². The summed E-state index contributed by atoms with van der Waals surface area (Å²) in [6.45, 7) is 9.90. The number of H-pyrrole nitrogens is 1. The molecule has 9 rings (SSSR count). The van der Waals surface area contributed by atoms with Gasteiger partial charge < -0.3 is 34.3 Å². The van der Waals surface area contributed by atoms with Crippen molar-refractivity contribution in [3.8, 4) is 5.75 Å². The fraction of sp³-hybridized carbons (Fsp3) is 0.600. The Bertz CT molecular complexity index is 2130. The Labute approximate surface area is 329 Å². The van der Waals surface area contributed by atoms with Gasteiger partial charge in [0, 0.05) is 89.9 Å². The second-order valence-electron chi connectivity index (χ2n) is 17.9. The van der Waals surface area contributed by atoms with Crippen LogP contribution in [0.1, 0.15) is 75.3 Å². The number of ether oxygens (including phenoxy) is 3. The van der Waals surface area contributed by atoms with E-state index in [0.29, 0.717) is 50.0 Å². The fourth-order valence-electron chi connectivity index (χ4n) is 13.6. The first-order chi connectivity index (χ1) is 26.8. The molecule has 3 N–H and O–H groups in total. The van der Waals surface area contributed by atoms with Crippen LogP contribution in [-0.2, 0) is 36.3 Å². The van der Waals surface area contributed by atoms with Gasteiger partial charge in [0.05, 0.1) is 33.0 Å². The van der Waals surface area contributed by atoms with Gasteiger partial charge in [0.2, 0.25) is 0 Å². The van der Waals surface area contributed by atoms with E-state index in [0.717, 1.165) is 66.0 Å². The number of aromatic amines is 1. The van der Waals surface area contributed by atoms with Crippen LogP contribution in [0.4, 0.5) is 5.69 Å². The number of para-hydroxylation sites is 1. The molecular weight excluding hydrogens is 709 g/mol. The molecule has 1 aliphatic carbocycles. The monoisotopic (exact) mass is 766 g/mol. The van der Waals surface area contributed by atoms with Crippen molar-refractivity contribution >= 4 is 28.5 Å². The van der Waals surface area contributed by atoms with E-state index in [1.54, 1.807) is 7.11 Å². The molecule has 1 saturated carbocycles. The van der Waals surface area contributed by atoms with E-state index in [1.165, 1.54) is 14.2 Å². The number of rotatable bonds is 6. The van der Waals surface area contributed by atoms with E-state index in [4.69, 9.17) is 14.2 Å². The average Bonchev–Trinajstić information content (AvgIpc) is 3.87. The molecule has 3 aromatic rings. The Morgan fingerprint density at radius 3 is 2.45 bits per heavy atom. The van der Waals surface area contributed by atoms with Crippen LogP contribution in [0.15, 0.2) is 48.6 Å². The third kappa shape index (κ3) is 4.60. The number of piperidine rings is 1. The maximum absolute atomic E-state index is 15.3. The maximum Gasteiger partial charge on any atom is 0.340 e. The first-order valence-corrected chi connectivity index (χ1v) is 20.6. The van der Waals surface area contributed by atoms with Gasteiger partial charge in [0.15, 0.2) is 5.60 Å². The van der Waals surface area contributed by atoms with Gasteiger partial charge in [-0.05, 0) is 74.2 Å². The number of likely N-dealkylation sites (N-methyl/N-ethyl adjacent to an activating group) is 1. The fourth-order valence-corrected chi connectivity index (χ4v) is 13.6. The lowest BCUT2D eigenvalue weighted by Crippen LogP contribution is -2.78. The zero-order chi connectivity index (χ0) is 39.6. The van der Waals surface area contributed by atoms with E-state index in [1.807, 2.05) is 39.1 Å². The zero-order valence-electron chi connectivity index (χ0n) is 34.0. The van der Waals surface area contributed by atoms with Crippen LogP contribution in [0.3, 0.4) is 0 Å². The van der Waals surface area contributed by atoms with Gasteiger partial charge in [-0.25, -0.2) is 4.79 Å². The van der Waals surface area contributed by atoms with Crippen LogP contribution in [0.2, 0.25) is 0 Å². The van der Waals surface area contributed by atoms with Crippen LogP contribution >= 0.6 is 0 Å². The van der Waals surface area contributed by atoms with E-state index >= 15 is 4.79 Å². The molecule has 6 aliphatic rings. The second kappa shape index (κ2) is 12.8. The molecule has 2 saturated heterocycles. The quantitative estimate of drug-likeness (QED) is 0.240. The SMILES string of the molecule is CCC1(O)CC2CN(CCc3c([nH]c4ccccc34)C(C(=O)OC)(c3cc4c(cc3OC)N(C)C3C45CCN4CC=CC(CC)(C45)[C@@H](C)C3(O)C(=O)OC)C2)C1. The first kappa shape index (κ1) is 37.7. The van der Waals surface area contributed by atoms with Crippen molar-refractivity contribution in [3.05, 3.63) is 70.9 Å². The van der Waals surface area contributed by atoms with E-state index in [-0.39, 0.29) is 17.9 Å². The summed E-state index contributed by atoms with van der Waals surface area (Å²) in [5.74, 6) is -0.979. The number of esters is 2. The maximum atomic E-state index is 15.3. The molecule has 1 aromatic heterocycles. The number of hydrogen-bond donors (Lipinski definition) is 3. The highest BCUT2D eigenvalue weighted by atomic mass is 16.5. The number of nitrogens with zero attached hydrogens (tertiary/aromatic N) is 3. The van der Waals surface area contributed by atoms with E-state index in [9.17, 15) is 15.0 Å². The molecule has 11 heteroatoms. The number of aliphatic hydroxyl groups is 2. The highest BCUT2D eigenvalue weighted by Crippen LogP contribution is 2.69. The van der Waals surface area contributed by atoms with Crippen molar-refractivity contribution in [2.45, 2.75) is 93.4 Å². The molecule has 2 aromatic carbocycles. The normalized spacial score (nSPS) is 38.4. The van der Waals surface area contributed by atoms with Crippen LogP contribution in [0, 0.1) is 17.3 Å². The Morgan fingerprint density at radius 2 is 1.73 bits per heavy atom. The minimum atomic E-state index is -1.85. The molecule has 10 atom stereocenters. The number of benzene rings is 2. The molecule has 3 fully saturated rings. The molecule has 6 heterocycles. The summed E-state index contributed by atoms with van der Waals surface area (Å²) in [7, 11) is 6.46. The Hall–Kier alpha value is -3.90. The van der Waals surface area contributed by atoms with Crippen molar-refractivity contribution in [1.82, 2.24) is 14.8 Å². The Kier molecular flexibility index (Phi) is 8.61. The smallest absolute Gasteiger partial charge is 0.340 e. The lowest BCUT2D eigenvalue weighted by molar-refractivity contribution is -0.197. The van der Waals surface area contributed by atoms with Crippen molar-refractivity contribution in [2.75, 3.05) is 66.0 Å². The lowest BCUT2D eigenvalue weighted by atomic mass is 9.45. The molecule has 56 heavy (non-hydrogen) atoms. The van der Waals surface area contributed by atoms with Crippen molar-refractivity contribution < 1.29 is 34.0 Å². The predicted octanol–water partition coefficient (Wildman–Crippen LogP) is 4.70. The number of carbonyl (C=O) groups is 2. The number of aromatic nitrogens is 1. The minimum Gasteiger partial charge on any atom is -0.496 e. The van der Waals surface area contributed by atoms with Gasteiger partial charge in [-0.3, -0.25) is 14.6 Å². The molecule has 2 bridgehead atoms. The van der Waals surface area contributed by atoms with Crippen LogP contribution < -0.4 is 9.64 Å². The van der Waals surface area contributed by atoms with Gasteiger partial charge in [0.1, 0.15) is 11.2 Å². The molecule has 5 aliphatic heterocycles. The summed E-state index contributed by atoms with van der Waals surface area (Å²) in [6.07, 6.45) is 8.16. The Morgan fingerprint density at radius 1 is 0.964 bits per heavy atom. The average molecular weight is 767 g/mol. The van der Waals surface area contributed by atoms with Gasteiger partial charge in [-0.15, -0.1) is 0 Å². The number of fused-ring (bicyclic) bond motifs is 6. The summed E-state index contributed by atoms with van der Waals surface area (Å²) in [5, 5.41) is 26.2. The summed E-state index contributed by atoms with van der Waals surface area (Å²) in [4.78, 5) is 40.3.